The maximum absolute atomic E-state index is 12.8. The van der Waals surface area contributed by atoms with E-state index in [1.54, 1.807) is 0 Å². The van der Waals surface area contributed by atoms with Crippen LogP contribution in [-0.4, -0.2) is 44.9 Å². The average Bonchev–Trinajstić information content (AvgIpc) is 3.33. The number of hydrogen-bond donors (Lipinski definition) is 2. The summed E-state index contributed by atoms with van der Waals surface area (Å²) in [6, 6.07) is 9.55. The van der Waals surface area contributed by atoms with Crippen molar-refractivity contribution in [3.05, 3.63) is 47.3 Å². The lowest BCUT2D eigenvalue weighted by Crippen LogP contribution is -2.42. The molecule has 0 spiro atoms. The lowest BCUT2D eigenvalue weighted by molar-refractivity contribution is 0.376. The minimum absolute atomic E-state index is 0. The summed E-state index contributed by atoms with van der Waals surface area (Å²) in [5.41, 5.74) is 2.76. The first-order valence-electron chi connectivity index (χ1n) is 9.96. The van der Waals surface area contributed by atoms with Crippen molar-refractivity contribution < 1.29 is 12.9 Å². The van der Waals surface area contributed by atoms with Gasteiger partial charge in [0.05, 0.1) is 17.1 Å². The molecule has 3 rings (SSSR count). The van der Waals surface area contributed by atoms with E-state index in [0.29, 0.717) is 37.3 Å². The summed E-state index contributed by atoms with van der Waals surface area (Å²) in [5.74, 6) is 1.51. The van der Waals surface area contributed by atoms with E-state index in [1.165, 1.54) is 4.31 Å². The average molecular weight is 547 g/mol. The van der Waals surface area contributed by atoms with E-state index in [2.05, 4.69) is 34.6 Å². The zero-order valence-electron chi connectivity index (χ0n) is 17.6. The van der Waals surface area contributed by atoms with Crippen molar-refractivity contribution >= 4 is 45.6 Å². The molecule has 0 saturated heterocycles. The van der Waals surface area contributed by atoms with Crippen molar-refractivity contribution in [1.82, 2.24) is 15.8 Å². The van der Waals surface area contributed by atoms with Gasteiger partial charge in [0.15, 0.2) is 11.7 Å². The molecule has 0 atom stereocenters. The van der Waals surface area contributed by atoms with Gasteiger partial charge in [-0.1, -0.05) is 37.2 Å². The standard InChI is InChI=1S/C20H29N5O3S.HI/c1-4-21-20(23-14-17-13-18(15(2)3)24-28-17)22-10-12-29(26,27)25-11-9-16-7-5-6-8-19(16)25;/h5-8,13,15H,4,9-12,14H2,1-3H3,(H2,21,22,23);1H. The molecular weight excluding hydrogens is 517 g/mol. The fraction of sp³-hybridized carbons (Fsp3) is 0.500. The molecule has 1 aliphatic heterocycles. The molecule has 0 amide bonds. The highest BCUT2D eigenvalue weighted by Crippen LogP contribution is 2.29. The molecule has 1 aromatic carbocycles. The molecule has 0 aliphatic carbocycles. The molecule has 8 nitrogen and oxygen atoms in total. The zero-order chi connectivity index (χ0) is 20.9. The zero-order valence-corrected chi connectivity index (χ0v) is 20.7. The predicted octanol–water partition coefficient (Wildman–Crippen LogP) is 2.86. The van der Waals surface area contributed by atoms with Gasteiger partial charge in [0.2, 0.25) is 10.0 Å². The largest absolute Gasteiger partial charge is 0.359 e. The third kappa shape index (κ3) is 6.10. The number of nitrogens with one attached hydrogen (secondary N) is 2. The Bertz CT molecular complexity index is 959. The van der Waals surface area contributed by atoms with Crippen LogP contribution in [0.25, 0.3) is 0 Å². The second kappa shape index (κ2) is 11.0. The van der Waals surface area contributed by atoms with Gasteiger partial charge in [-0.2, -0.15) is 0 Å². The van der Waals surface area contributed by atoms with Crippen LogP contribution in [0.4, 0.5) is 5.69 Å². The van der Waals surface area contributed by atoms with Crippen molar-refractivity contribution in [2.24, 2.45) is 4.99 Å². The van der Waals surface area contributed by atoms with Crippen LogP contribution in [0.15, 0.2) is 39.8 Å². The maximum atomic E-state index is 12.8. The maximum Gasteiger partial charge on any atom is 0.236 e. The van der Waals surface area contributed by atoms with Crippen molar-refractivity contribution in [3.63, 3.8) is 0 Å². The Morgan fingerprint density at radius 3 is 2.77 bits per heavy atom. The monoisotopic (exact) mass is 547 g/mol. The molecular formula is C20H30IN5O3S. The number of aromatic nitrogens is 1. The molecule has 2 heterocycles. The molecule has 0 unspecified atom stereocenters. The van der Waals surface area contributed by atoms with Gasteiger partial charge in [-0.15, -0.1) is 24.0 Å². The summed E-state index contributed by atoms with van der Waals surface area (Å²) in [6.07, 6.45) is 0.752. The number of fused-ring (bicyclic) bond motifs is 1. The Morgan fingerprint density at radius 1 is 1.30 bits per heavy atom. The quantitative estimate of drug-likeness (QED) is 0.300. The molecule has 166 valence electrons. The highest BCUT2D eigenvalue weighted by Gasteiger charge is 2.28. The van der Waals surface area contributed by atoms with Gasteiger partial charge >= 0.3 is 0 Å². The number of nitrogens with zero attached hydrogens (tertiary/aromatic N) is 3. The molecule has 0 saturated carbocycles. The van der Waals surface area contributed by atoms with E-state index in [1.807, 2.05) is 37.3 Å². The second-order valence-corrected chi connectivity index (χ2v) is 9.27. The van der Waals surface area contributed by atoms with Crippen molar-refractivity contribution in [2.45, 2.75) is 39.7 Å². The van der Waals surface area contributed by atoms with Crippen LogP contribution in [0, 0.1) is 0 Å². The minimum atomic E-state index is -3.40. The number of aliphatic imine (C=N–C) groups is 1. The van der Waals surface area contributed by atoms with Crippen LogP contribution in [0.1, 0.15) is 43.7 Å². The summed E-state index contributed by atoms with van der Waals surface area (Å²) >= 11 is 0. The summed E-state index contributed by atoms with van der Waals surface area (Å²) in [4.78, 5) is 4.46. The fourth-order valence-electron chi connectivity index (χ4n) is 3.18. The number of benzene rings is 1. The SMILES string of the molecule is CCNC(=NCc1cc(C(C)C)no1)NCCS(=O)(=O)N1CCc2ccccc21.I. The van der Waals surface area contributed by atoms with E-state index in [-0.39, 0.29) is 36.3 Å². The van der Waals surface area contributed by atoms with Crippen LogP contribution < -0.4 is 14.9 Å². The van der Waals surface area contributed by atoms with Gasteiger partial charge in [0, 0.05) is 25.7 Å². The summed E-state index contributed by atoms with van der Waals surface area (Å²) in [6.45, 7) is 7.83. The van der Waals surface area contributed by atoms with Crippen LogP contribution in [0.5, 0.6) is 0 Å². The van der Waals surface area contributed by atoms with Gasteiger partial charge in [0.25, 0.3) is 0 Å². The third-order valence-corrected chi connectivity index (χ3v) is 6.51. The number of anilines is 1. The first kappa shape index (κ1) is 24.4. The molecule has 2 N–H and O–H groups in total. The number of rotatable bonds is 8. The smallest absolute Gasteiger partial charge is 0.236 e. The Hall–Kier alpha value is -1.82. The van der Waals surface area contributed by atoms with Crippen molar-refractivity contribution in [1.29, 1.82) is 0 Å². The predicted molar refractivity (Wildman–Crippen MR) is 130 cm³/mol. The molecule has 1 aromatic heterocycles. The van der Waals surface area contributed by atoms with Gasteiger partial charge < -0.3 is 15.2 Å². The normalized spacial score (nSPS) is 13.9. The highest BCUT2D eigenvalue weighted by molar-refractivity contribution is 14.0. The molecule has 30 heavy (non-hydrogen) atoms. The summed E-state index contributed by atoms with van der Waals surface area (Å²) in [5, 5.41) is 10.2. The molecule has 0 radical (unpaired) electrons. The van der Waals surface area contributed by atoms with Crippen LogP contribution in [0.3, 0.4) is 0 Å². The lowest BCUT2D eigenvalue weighted by atomic mass is 10.1. The third-order valence-electron chi connectivity index (χ3n) is 4.74. The Labute approximate surface area is 195 Å². The Kier molecular flexibility index (Phi) is 8.95. The van der Waals surface area contributed by atoms with Crippen LogP contribution in [-0.2, 0) is 23.0 Å². The highest BCUT2D eigenvalue weighted by atomic mass is 127. The number of hydrogen-bond acceptors (Lipinski definition) is 5. The van der Waals surface area contributed by atoms with E-state index in [9.17, 15) is 8.42 Å². The minimum Gasteiger partial charge on any atom is -0.359 e. The van der Waals surface area contributed by atoms with Gasteiger partial charge in [-0.05, 0) is 30.9 Å². The topological polar surface area (TPSA) is 99.8 Å². The van der Waals surface area contributed by atoms with Gasteiger partial charge in [0.1, 0.15) is 6.54 Å². The Balaban J connectivity index is 0.00000320. The van der Waals surface area contributed by atoms with Crippen molar-refractivity contribution in [3.8, 4) is 0 Å². The summed E-state index contributed by atoms with van der Waals surface area (Å²) < 4.78 is 32.4. The molecule has 10 heteroatoms. The molecule has 1 aliphatic rings. The number of para-hydroxylation sites is 1. The van der Waals surface area contributed by atoms with Gasteiger partial charge in [-0.25, -0.2) is 13.4 Å². The Morgan fingerprint density at radius 2 is 2.07 bits per heavy atom. The van der Waals surface area contributed by atoms with E-state index in [0.717, 1.165) is 23.4 Å². The first-order valence-corrected chi connectivity index (χ1v) is 11.6. The van der Waals surface area contributed by atoms with Crippen LogP contribution >= 0.6 is 24.0 Å². The van der Waals surface area contributed by atoms with E-state index in [4.69, 9.17) is 4.52 Å². The number of guanidine groups is 1. The van der Waals surface area contributed by atoms with Gasteiger partial charge in [-0.3, -0.25) is 4.31 Å². The summed E-state index contributed by atoms with van der Waals surface area (Å²) in [7, 11) is -3.40. The second-order valence-electron chi connectivity index (χ2n) is 7.26. The van der Waals surface area contributed by atoms with E-state index < -0.39 is 10.0 Å². The first-order chi connectivity index (χ1) is 13.9. The number of sulfonamides is 1. The fourth-order valence-corrected chi connectivity index (χ4v) is 4.61. The molecule has 2 aromatic rings. The van der Waals surface area contributed by atoms with Crippen LogP contribution in [0.2, 0.25) is 0 Å². The lowest BCUT2D eigenvalue weighted by Gasteiger charge is -2.20. The van der Waals surface area contributed by atoms with E-state index >= 15 is 0 Å². The van der Waals surface area contributed by atoms with Crippen molar-refractivity contribution in [2.75, 3.05) is 29.7 Å². The molecule has 0 fully saturated rings. The number of halogens is 1. The molecule has 0 bridgehead atoms.